The molecule has 0 aromatic heterocycles. The molecule has 6 rings (SSSR count). The van der Waals surface area contributed by atoms with Gasteiger partial charge in [-0.1, -0.05) is 6.07 Å². The first-order valence-electron chi connectivity index (χ1n) is 12.2. The van der Waals surface area contributed by atoms with Gasteiger partial charge in [-0.3, -0.25) is 19.7 Å². The molecule has 9 nitrogen and oxygen atoms in total. The zero-order valence-corrected chi connectivity index (χ0v) is 20.2. The average molecular weight is 490 g/mol. The van der Waals surface area contributed by atoms with E-state index < -0.39 is 22.0 Å². The van der Waals surface area contributed by atoms with Crippen LogP contribution in [0.1, 0.15) is 36.0 Å². The molecule has 2 aliphatic carbocycles. The summed E-state index contributed by atoms with van der Waals surface area (Å²) >= 11 is 0. The van der Waals surface area contributed by atoms with E-state index in [0.29, 0.717) is 36.3 Å². The first kappa shape index (κ1) is 22.7. The molecule has 2 bridgehead atoms. The minimum Gasteiger partial charge on any atom is -0.493 e. The van der Waals surface area contributed by atoms with Crippen LogP contribution in [0.5, 0.6) is 11.5 Å². The Labute approximate surface area is 208 Å². The van der Waals surface area contributed by atoms with Crippen molar-refractivity contribution in [3.8, 4) is 11.5 Å². The first-order chi connectivity index (χ1) is 17.3. The van der Waals surface area contributed by atoms with Gasteiger partial charge in [0.1, 0.15) is 0 Å². The molecule has 1 saturated heterocycles. The van der Waals surface area contributed by atoms with E-state index in [1.165, 1.54) is 18.2 Å². The largest absolute Gasteiger partial charge is 0.493 e. The monoisotopic (exact) mass is 489 g/mol. The number of nitro groups is 1. The number of rotatable bonds is 5. The Kier molecular flexibility index (Phi) is 4.98. The molecule has 1 saturated carbocycles. The van der Waals surface area contributed by atoms with Gasteiger partial charge in [-0.05, 0) is 68.3 Å². The Balaban J connectivity index is 1.41. The molecule has 2 aromatic carbocycles. The molecule has 1 N–H and O–H groups in total. The Morgan fingerprint density at radius 3 is 2.75 bits per heavy atom. The number of carbonyl (C=O) groups excluding carboxylic acids is 2. The number of Topliss-reactive ketones (excluding diaryl/α,β-unsaturated/α-hetero) is 1. The van der Waals surface area contributed by atoms with Gasteiger partial charge < -0.3 is 19.7 Å². The van der Waals surface area contributed by atoms with Crippen molar-refractivity contribution in [1.29, 1.82) is 0 Å². The summed E-state index contributed by atoms with van der Waals surface area (Å²) in [7, 11) is 3.68. The van der Waals surface area contributed by atoms with Crippen LogP contribution in [0.15, 0.2) is 42.5 Å². The Bertz CT molecular complexity index is 1320. The van der Waals surface area contributed by atoms with Crippen molar-refractivity contribution in [1.82, 2.24) is 10.2 Å². The number of ether oxygens (including phenoxy) is 2. The molecular formula is C27H27N3O6. The summed E-state index contributed by atoms with van der Waals surface area (Å²) in [6, 6.07) is 10.0. The summed E-state index contributed by atoms with van der Waals surface area (Å²) in [6.45, 7) is 0.796. The highest BCUT2D eigenvalue weighted by molar-refractivity contribution is 5.95. The van der Waals surface area contributed by atoms with Gasteiger partial charge in [0.25, 0.3) is 5.69 Å². The topological polar surface area (TPSA) is 111 Å². The lowest BCUT2D eigenvalue weighted by molar-refractivity contribution is -0.384. The lowest BCUT2D eigenvalue weighted by Crippen LogP contribution is -2.81. The first-order valence-corrected chi connectivity index (χ1v) is 12.2. The lowest BCUT2D eigenvalue weighted by atomic mass is 9.47. The number of methoxy groups -OCH3 is 1. The van der Waals surface area contributed by atoms with Gasteiger partial charge in [0, 0.05) is 36.2 Å². The van der Waals surface area contributed by atoms with Crippen molar-refractivity contribution in [2.75, 3.05) is 20.7 Å². The molecule has 36 heavy (non-hydrogen) atoms. The maximum atomic E-state index is 13.4. The lowest BCUT2D eigenvalue weighted by Gasteiger charge is -2.64. The van der Waals surface area contributed by atoms with Crippen molar-refractivity contribution >= 4 is 23.5 Å². The number of likely N-dealkylation sites (N-methyl/N-ethyl adjacent to an activating group) is 1. The van der Waals surface area contributed by atoms with E-state index in [1.807, 2.05) is 6.07 Å². The quantitative estimate of drug-likeness (QED) is 0.391. The van der Waals surface area contributed by atoms with Crippen LogP contribution in [0.25, 0.3) is 6.08 Å². The minimum absolute atomic E-state index is 0.00305. The summed E-state index contributed by atoms with van der Waals surface area (Å²) in [4.78, 5) is 39.4. The van der Waals surface area contributed by atoms with E-state index in [4.69, 9.17) is 9.47 Å². The second-order valence-corrected chi connectivity index (χ2v) is 10.2. The predicted octanol–water partition coefficient (Wildman–Crippen LogP) is 2.79. The van der Waals surface area contributed by atoms with Crippen molar-refractivity contribution in [2.45, 2.75) is 48.8 Å². The number of piperidine rings is 1. The number of nitro benzene ring substituents is 1. The fourth-order valence-corrected chi connectivity index (χ4v) is 7.13. The van der Waals surface area contributed by atoms with Gasteiger partial charge >= 0.3 is 0 Å². The number of hydrogen-bond donors (Lipinski definition) is 1. The summed E-state index contributed by atoms with van der Waals surface area (Å²) in [5.74, 6) is 1.05. The maximum absolute atomic E-state index is 13.4. The molecular weight excluding hydrogens is 462 g/mol. The predicted molar refractivity (Wildman–Crippen MR) is 131 cm³/mol. The van der Waals surface area contributed by atoms with Crippen LogP contribution in [-0.2, 0) is 21.4 Å². The third kappa shape index (κ3) is 2.92. The molecule has 1 amide bonds. The van der Waals surface area contributed by atoms with Gasteiger partial charge in [0.15, 0.2) is 23.4 Å². The molecule has 4 aliphatic rings. The molecule has 1 spiro atoms. The van der Waals surface area contributed by atoms with Crippen molar-refractivity contribution in [3.05, 3.63) is 69.3 Å². The molecule has 4 atom stereocenters. The molecule has 2 heterocycles. The van der Waals surface area contributed by atoms with Crippen LogP contribution in [0.2, 0.25) is 0 Å². The normalized spacial score (nSPS) is 30.0. The fraction of sp³-hybridized carbons (Fsp3) is 0.407. The molecule has 2 aromatic rings. The van der Waals surface area contributed by atoms with E-state index in [-0.39, 0.29) is 23.4 Å². The van der Waals surface area contributed by atoms with E-state index in [1.54, 1.807) is 25.3 Å². The van der Waals surface area contributed by atoms with Crippen molar-refractivity contribution < 1.29 is 24.0 Å². The number of hydrogen-bond acceptors (Lipinski definition) is 7. The van der Waals surface area contributed by atoms with Gasteiger partial charge in [0.2, 0.25) is 5.91 Å². The molecule has 0 radical (unpaired) electrons. The summed E-state index contributed by atoms with van der Waals surface area (Å²) in [6.07, 6.45) is 4.74. The van der Waals surface area contributed by atoms with Gasteiger partial charge in [0.05, 0.1) is 23.0 Å². The number of ketones is 1. The van der Waals surface area contributed by atoms with Crippen LogP contribution >= 0.6 is 0 Å². The van der Waals surface area contributed by atoms with E-state index >= 15 is 0 Å². The number of nitrogens with zero attached hydrogens (tertiary/aromatic N) is 2. The average Bonchev–Trinajstić information content (AvgIpc) is 3.23. The standard InChI is InChI=1S/C27H27N3O6/c1-29-14-13-26-23-17-6-9-20(35-2)24(23)36-25(26)19(31)11-12-27(26,21(29)15-17)28-22(32)10-5-16-3-7-18(8-4-16)30(33)34/h3-10,21,25H,11-15H2,1-2H3,(H,28,32)/b10-5+/t21?,25-,26-,27-/m0/s1. The molecule has 9 heteroatoms. The Morgan fingerprint density at radius 2 is 2.03 bits per heavy atom. The van der Waals surface area contributed by atoms with Gasteiger partial charge in [-0.15, -0.1) is 0 Å². The second kappa shape index (κ2) is 7.89. The highest BCUT2D eigenvalue weighted by atomic mass is 16.6. The van der Waals surface area contributed by atoms with Crippen molar-refractivity contribution in [3.63, 3.8) is 0 Å². The SMILES string of the molecule is COc1ccc2c3c1O[C@H]1C(=O)CC[C@]4(NC(=O)/C=C/c5ccc([N+](=O)[O-])cc5)C(C2)N(C)CC[C@]314. The third-order valence-corrected chi connectivity index (χ3v) is 8.66. The molecule has 1 unspecified atom stereocenters. The number of carbonyl (C=O) groups is 2. The molecule has 2 fully saturated rings. The summed E-state index contributed by atoms with van der Waals surface area (Å²) < 4.78 is 12.0. The molecule has 2 aliphatic heterocycles. The number of benzene rings is 2. The van der Waals surface area contributed by atoms with Crippen LogP contribution in [0, 0.1) is 10.1 Å². The van der Waals surface area contributed by atoms with E-state index in [9.17, 15) is 19.7 Å². The Morgan fingerprint density at radius 1 is 1.25 bits per heavy atom. The fourth-order valence-electron chi connectivity index (χ4n) is 7.13. The van der Waals surface area contributed by atoms with Crippen molar-refractivity contribution in [2.24, 2.45) is 0 Å². The molecule has 186 valence electrons. The number of nitrogens with one attached hydrogen (secondary N) is 1. The minimum atomic E-state index is -0.680. The number of non-ortho nitro benzene ring substituents is 1. The van der Waals surface area contributed by atoms with Gasteiger partial charge in [-0.2, -0.15) is 0 Å². The van der Waals surface area contributed by atoms with Crippen LogP contribution < -0.4 is 14.8 Å². The van der Waals surface area contributed by atoms with Crippen LogP contribution in [-0.4, -0.2) is 59.9 Å². The second-order valence-electron chi connectivity index (χ2n) is 10.2. The Hall–Kier alpha value is -3.72. The summed E-state index contributed by atoms with van der Waals surface area (Å²) in [5.41, 5.74) is 1.51. The maximum Gasteiger partial charge on any atom is 0.269 e. The van der Waals surface area contributed by atoms with Crippen LogP contribution in [0.4, 0.5) is 5.69 Å². The van der Waals surface area contributed by atoms with Crippen LogP contribution in [0.3, 0.4) is 0 Å². The number of likely N-dealkylation sites (tertiary alicyclic amines) is 1. The van der Waals surface area contributed by atoms with E-state index in [0.717, 1.165) is 24.1 Å². The summed E-state index contributed by atoms with van der Waals surface area (Å²) in [5, 5.41) is 14.3. The van der Waals surface area contributed by atoms with E-state index in [2.05, 4.69) is 23.3 Å². The zero-order valence-electron chi connectivity index (χ0n) is 20.2. The highest BCUT2D eigenvalue weighted by Crippen LogP contribution is 2.64. The smallest absolute Gasteiger partial charge is 0.269 e. The van der Waals surface area contributed by atoms with Gasteiger partial charge in [-0.25, -0.2) is 0 Å². The number of amides is 1. The zero-order chi connectivity index (χ0) is 25.2. The third-order valence-electron chi connectivity index (χ3n) is 8.66. The highest BCUT2D eigenvalue weighted by Gasteiger charge is 2.73.